The van der Waals surface area contributed by atoms with Gasteiger partial charge >= 0.3 is 0 Å². The molecule has 1 aromatic heterocycles. The van der Waals surface area contributed by atoms with Crippen molar-refractivity contribution in [3.8, 4) is 28.4 Å². The summed E-state index contributed by atoms with van der Waals surface area (Å²) in [4.78, 5) is 48.1. The van der Waals surface area contributed by atoms with Gasteiger partial charge in [0.05, 0.1) is 44.1 Å². The second-order valence-electron chi connectivity index (χ2n) is 13.4. The summed E-state index contributed by atoms with van der Waals surface area (Å²) >= 11 is 0. The van der Waals surface area contributed by atoms with E-state index in [1.807, 2.05) is 44.2 Å². The maximum atomic E-state index is 14.0. The number of ether oxygens (including phenoxy) is 3. The number of benzene rings is 2. The Bertz CT molecular complexity index is 1920. The lowest BCUT2D eigenvalue weighted by Gasteiger charge is -2.20. The number of methoxy groups -OCH3 is 3. The van der Waals surface area contributed by atoms with Crippen molar-refractivity contribution in [3.63, 3.8) is 0 Å². The van der Waals surface area contributed by atoms with Crippen LogP contribution in [0.2, 0.25) is 0 Å². The molecule has 0 saturated heterocycles. The Morgan fingerprint density at radius 1 is 0.959 bits per heavy atom. The average Bonchev–Trinajstić information content (AvgIpc) is 3.29. The number of aromatic nitrogens is 2. The summed E-state index contributed by atoms with van der Waals surface area (Å²) in [6, 6.07) is 11.5. The zero-order valence-electron chi connectivity index (χ0n) is 29.6. The number of H-pyrrole nitrogens is 1. The van der Waals surface area contributed by atoms with Crippen molar-refractivity contribution in [2.45, 2.75) is 72.4 Å². The second-order valence-corrected chi connectivity index (χ2v) is 13.4. The number of imidazole rings is 1. The van der Waals surface area contributed by atoms with Crippen molar-refractivity contribution in [2.75, 3.05) is 32.0 Å². The number of nitrogens with one attached hydrogen (secondary N) is 4. The first-order valence-electron chi connectivity index (χ1n) is 16.8. The van der Waals surface area contributed by atoms with E-state index < -0.39 is 12.1 Å². The highest BCUT2D eigenvalue weighted by Crippen LogP contribution is 2.50. The molecule has 2 atom stereocenters. The van der Waals surface area contributed by atoms with Gasteiger partial charge in [0.15, 0.2) is 11.5 Å². The quantitative estimate of drug-likeness (QED) is 0.136. The maximum Gasteiger partial charge on any atom is 0.246 e. The van der Waals surface area contributed by atoms with Crippen LogP contribution in [0.5, 0.6) is 17.2 Å². The molecular weight excluding hydrogens is 622 g/mol. The van der Waals surface area contributed by atoms with E-state index in [-0.39, 0.29) is 28.8 Å². The van der Waals surface area contributed by atoms with Gasteiger partial charge in [0.1, 0.15) is 11.9 Å². The van der Waals surface area contributed by atoms with E-state index in [1.165, 1.54) is 6.92 Å². The van der Waals surface area contributed by atoms with Gasteiger partial charge in [-0.15, -0.1) is 0 Å². The third kappa shape index (κ3) is 7.82. The van der Waals surface area contributed by atoms with Crippen molar-refractivity contribution < 1.29 is 23.8 Å². The van der Waals surface area contributed by atoms with E-state index in [0.29, 0.717) is 59.2 Å². The number of aromatic amines is 1. The first-order chi connectivity index (χ1) is 23.4. The van der Waals surface area contributed by atoms with Crippen LogP contribution >= 0.6 is 0 Å². The molecule has 260 valence electrons. The Morgan fingerprint density at radius 2 is 1.71 bits per heavy atom. The highest BCUT2D eigenvalue weighted by Gasteiger charge is 2.30. The number of hydrogen-bond donors (Lipinski definition) is 4. The molecule has 0 fully saturated rings. The molecule has 0 bridgehead atoms. The molecule has 0 spiro atoms. The summed E-state index contributed by atoms with van der Waals surface area (Å²) in [6.07, 6.45) is 2.45. The summed E-state index contributed by atoms with van der Waals surface area (Å²) < 4.78 is 17.2. The maximum absolute atomic E-state index is 14.0. The van der Waals surface area contributed by atoms with Gasteiger partial charge in [-0.3, -0.25) is 14.4 Å². The molecule has 1 aliphatic rings. The van der Waals surface area contributed by atoms with E-state index in [4.69, 9.17) is 14.2 Å². The lowest BCUT2D eigenvalue weighted by molar-refractivity contribution is -0.120. The fourth-order valence-corrected chi connectivity index (χ4v) is 6.57. The third-order valence-corrected chi connectivity index (χ3v) is 8.67. The van der Waals surface area contributed by atoms with Crippen LogP contribution < -0.4 is 35.6 Å². The van der Waals surface area contributed by atoms with Crippen molar-refractivity contribution in [3.05, 3.63) is 69.6 Å². The van der Waals surface area contributed by atoms with E-state index in [0.717, 1.165) is 34.4 Å². The van der Waals surface area contributed by atoms with E-state index in [1.54, 1.807) is 33.5 Å². The van der Waals surface area contributed by atoms with Crippen LogP contribution in [0.15, 0.2) is 47.3 Å². The fourth-order valence-electron chi connectivity index (χ4n) is 6.57. The van der Waals surface area contributed by atoms with Crippen molar-refractivity contribution in [2.24, 2.45) is 11.8 Å². The molecule has 1 heterocycles. The number of carbonyl (C=O) groups excluding carboxylic acids is 2. The molecule has 11 nitrogen and oxygen atoms in total. The molecule has 11 heteroatoms. The van der Waals surface area contributed by atoms with Crippen LogP contribution in [-0.2, 0) is 22.4 Å². The predicted molar refractivity (Wildman–Crippen MR) is 193 cm³/mol. The molecule has 5 rings (SSSR count). The minimum atomic E-state index is -0.707. The number of aryl methyl sites for hydroxylation is 1. The Hall–Kier alpha value is -5.06. The molecular formula is C38H47N5O6. The molecule has 2 amide bonds. The van der Waals surface area contributed by atoms with Crippen molar-refractivity contribution in [1.29, 1.82) is 0 Å². The zero-order valence-corrected chi connectivity index (χ0v) is 29.6. The summed E-state index contributed by atoms with van der Waals surface area (Å²) in [6.45, 7) is 9.81. The third-order valence-electron chi connectivity index (χ3n) is 8.67. The summed E-state index contributed by atoms with van der Waals surface area (Å²) in [5.41, 5.74) is 5.31. The Kier molecular flexibility index (Phi) is 10.8. The number of amides is 2. The first kappa shape index (κ1) is 35.3. The average molecular weight is 670 g/mol. The van der Waals surface area contributed by atoms with Crippen molar-refractivity contribution >= 4 is 34.2 Å². The minimum Gasteiger partial charge on any atom is -0.493 e. The molecule has 4 N–H and O–H groups in total. The highest BCUT2D eigenvalue weighted by molar-refractivity contribution is 5.98. The van der Waals surface area contributed by atoms with E-state index in [9.17, 15) is 14.4 Å². The molecule has 0 radical (unpaired) electrons. The van der Waals surface area contributed by atoms with Gasteiger partial charge in [0, 0.05) is 24.6 Å². The molecule has 0 unspecified atom stereocenters. The number of fused-ring (bicyclic) bond motifs is 4. The lowest BCUT2D eigenvalue weighted by atomic mass is 9.95. The number of anilines is 2. The first-order valence-corrected chi connectivity index (χ1v) is 16.8. The number of rotatable bonds is 12. The Labute approximate surface area is 287 Å². The second kappa shape index (κ2) is 15.0. The Morgan fingerprint density at radius 3 is 2.37 bits per heavy atom. The zero-order chi connectivity index (χ0) is 35.4. The standard InChI is InChI=1S/C38H47N5O6/c1-20(2)15-31(38(46)40-24-10-13-28-30(18-24)43-34(42-28)16-21(3)4)41-29-14-11-25-26(19-32(29)45)27(39-22(5)44)12-9-23-17-33(47-6)36(48-7)37(49-8)35(23)25/h10-11,13-14,17-21,27,31H,9,12,15-16H2,1-8H3,(H,39,44)(H,40,46)(H,41,45)(H,42,43)/t27-,31-/m1/s1. The van der Waals surface area contributed by atoms with Gasteiger partial charge in [0.25, 0.3) is 0 Å². The van der Waals surface area contributed by atoms with Gasteiger partial charge in [-0.1, -0.05) is 33.8 Å². The van der Waals surface area contributed by atoms with Gasteiger partial charge in [-0.05, 0) is 84.2 Å². The number of nitrogens with zero attached hydrogens (tertiary/aromatic N) is 1. The fraction of sp³-hybridized carbons (Fsp3) is 0.421. The van der Waals surface area contributed by atoms with Crippen LogP contribution in [0.25, 0.3) is 22.2 Å². The number of hydrogen-bond acceptors (Lipinski definition) is 8. The topological polar surface area (TPSA) is 144 Å². The Balaban J connectivity index is 1.54. The molecule has 49 heavy (non-hydrogen) atoms. The van der Waals surface area contributed by atoms with E-state index in [2.05, 4.69) is 39.8 Å². The lowest BCUT2D eigenvalue weighted by Crippen LogP contribution is -2.37. The van der Waals surface area contributed by atoms with Gasteiger partial charge < -0.3 is 35.1 Å². The molecule has 4 aromatic rings. The highest BCUT2D eigenvalue weighted by atomic mass is 16.5. The minimum absolute atomic E-state index is 0.156. The van der Waals surface area contributed by atoms with Gasteiger partial charge in [-0.2, -0.15) is 0 Å². The summed E-state index contributed by atoms with van der Waals surface area (Å²) in [5.74, 6) is 2.48. The summed E-state index contributed by atoms with van der Waals surface area (Å²) in [5, 5.41) is 9.33. The van der Waals surface area contributed by atoms with Crippen LogP contribution in [0.3, 0.4) is 0 Å². The van der Waals surface area contributed by atoms with Crippen LogP contribution in [-0.4, -0.2) is 49.2 Å². The normalized spacial score (nSPS) is 14.4. The number of carbonyl (C=O) groups is 2. The smallest absolute Gasteiger partial charge is 0.246 e. The SMILES string of the molecule is COc1cc2c(c(OC)c1OC)-c1ccc(N[C@H](CC(C)C)C(=O)Nc3ccc4nc(CC(C)C)[nH]c4c3)c(=O)cc1[C@H](NC(C)=O)CC2. The molecule has 1 aliphatic carbocycles. The van der Waals surface area contributed by atoms with Crippen LogP contribution in [0.4, 0.5) is 11.4 Å². The molecule has 0 saturated carbocycles. The molecule has 0 aliphatic heterocycles. The molecule has 3 aromatic carbocycles. The van der Waals surface area contributed by atoms with E-state index >= 15 is 0 Å². The van der Waals surface area contributed by atoms with Gasteiger partial charge in [-0.25, -0.2) is 4.98 Å². The summed E-state index contributed by atoms with van der Waals surface area (Å²) in [7, 11) is 4.68. The largest absolute Gasteiger partial charge is 0.493 e. The monoisotopic (exact) mass is 669 g/mol. The van der Waals surface area contributed by atoms with Crippen molar-refractivity contribution in [1.82, 2.24) is 15.3 Å². The van der Waals surface area contributed by atoms with Crippen LogP contribution in [0.1, 0.15) is 70.5 Å². The predicted octanol–water partition coefficient (Wildman–Crippen LogP) is 6.40. The van der Waals surface area contributed by atoms with Gasteiger partial charge in [0.2, 0.25) is 23.0 Å². The van der Waals surface area contributed by atoms with Crippen LogP contribution in [0, 0.1) is 11.8 Å².